The molecule has 1 aliphatic rings. The second kappa shape index (κ2) is 3.96. The van der Waals surface area contributed by atoms with Gasteiger partial charge in [-0.1, -0.05) is 13.8 Å². The Bertz CT molecular complexity index is 259. The molecule has 0 spiro atoms. The van der Waals surface area contributed by atoms with Gasteiger partial charge in [0.1, 0.15) is 0 Å². The highest BCUT2D eigenvalue weighted by molar-refractivity contribution is 7.91. The van der Waals surface area contributed by atoms with Crippen molar-refractivity contribution >= 4 is 9.84 Å². The molecule has 3 nitrogen and oxygen atoms in total. The molecule has 0 aromatic heterocycles. The van der Waals surface area contributed by atoms with E-state index in [-0.39, 0.29) is 5.25 Å². The Morgan fingerprint density at radius 2 is 2.08 bits per heavy atom. The first-order chi connectivity index (χ1) is 5.89. The topological polar surface area (TPSA) is 37.4 Å². The zero-order valence-electron chi connectivity index (χ0n) is 8.66. The van der Waals surface area contributed by atoms with Crippen LogP contribution < -0.4 is 0 Å². The molecular weight excluding hydrogens is 186 g/mol. The van der Waals surface area contributed by atoms with Gasteiger partial charge < -0.3 is 4.90 Å². The predicted octanol–water partition coefficient (Wildman–Crippen LogP) is 0.761. The second-order valence-corrected chi connectivity index (χ2v) is 6.72. The minimum Gasteiger partial charge on any atom is -0.302 e. The van der Waals surface area contributed by atoms with E-state index in [0.29, 0.717) is 5.92 Å². The van der Waals surface area contributed by atoms with Crippen molar-refractivity contribution in [2.75, 3.05) is 25.9 Å². The van der Waals surface area contributed by atoms with Gasteiger partial charge in [-0.3, -0.25) is 0 Å². The van der Waals surface area contributed by atoms with Crippen molar-refractivity contribution in [2.24, 2.45) is 5.92 Å². The molecule has 0 bridgehead atoms. The molecule has 0 amide bonds. The van der Waals surface area contributed by atoms with E-state index in [9.17, 15) is 8.42 Å². The molecule has 13 heavy (non-hydrogen) atoms. The van der Waals surface area contributed by atoms with Crippen LogP contribution in [0.5, 0.6) is 0 Å². The van der Waals surface area contributed by atoms with Crippen molar-refractivity contribution in [2.45, 2.75) is 25.5 Å². The molecule has 0 saturated carbocycles. The molecule has 1 atom stereocenters. The number of rotatable bonds is 3. The second-order valence-electron chi connectivity index (χ2n) is 4.39. The summed E-state index contributed by atoms with van der Waals surface area (Å²) in [7, 11) is -2.81. The number of sulfone groups is 1. The lowest BCUT2D eigenvalue weighted by atomic mass is 10.2. The molecule has 0 aromatic carbocycles. The number of likely N-dealkylation sites (tertiary alicyclic amines) is 1. The fourth-order valence-corrected chi connectivity index (χ4v) is 2.84. The number of hydrogen-bond donors (Lipinski definition) is 0. The van der Waals surface area contributed by atoms with E-state index in [1.807, 2.05) is 0 Å². The molecule has 0 N–H and O–H groups in total. The van der Waals surface area contributed by atoms with Crippen molar-refractivity contribution in [3.05, 3.63) is 0 Å². The minimum atomic E-state index is -2.81. The summed E-state index contributed by atoms with van der Waals surface area (Å²) < 4.78 is 22.5. The zero-order valence-corrected chi connectivity index (χ0v) is 9.47. The lowest BCUT2D eigenvalue weighted by Gasteiger charge is -2.17. The molecule has 78 valence electrons. The molecule has 1 saturated heterocycles. The first-order valence-corrected chi connectivity index (χ1v) is 6.76. The predicted molar refractivity (Wildman–Crippen MR) is 54.5 cm³/mol. The van der Waals surface area contributed by atoms with Gasteiger partial charge >= 0.3 is 0 Å². The molecule has 0 aliphatic carbocycles. The molecule has 1 heterocycles. The maximum absolute atomic E-state index is 11.2. The van der Waals surface area contributed by atoms with Crippen LogP contribution >= 0.6 is 0 Å². The van der Waals surface area contributed by atoms with Gasteiger partial charge in [-0.05, 0) is 18.9 Å². The van der Waals surface area contributed by atoms with Gasteiger partial charge in [0, 0.05) is 19.3 Å². The third kappa shape index (κ3) is 3.27. The van der Waals surface area contributed by atoms with Gasteiger partial charge in [-0.2, -0.15) is 0 Å². The van der Waals surface area contributed by atoms with Gasteiger partial charge in [0.2, 0.25) is 0 Å². The summed E-state index contributed by atoms with van der Waals surface area (Å²) in [4.78, 5) is 2.25. The standard InChI is InChI=1S/C9H19NO2S/c1-8(2)6-10-5-4-9(7-10)13(3,11)12/h8-9H,4-7H2,1-3H3. The summed E-state index contributed by atoms with van der Waals surface area (Å²) in [5.74, 6) is 0.623. The van der Waals surface area contributed by atoms with Gasteiger partial charge in [-0.15, -0.1) is 0 Å². The molecule has 0 radical (unpaired) electrons. The van der Waals surface area contributed by atoms with E-state index >= 15 is 0 Å². The van der Waals surface area contributed by atoms with Crippen LogP contribution in [0.15, 0.2) is 0 Å². The van der Waals surface area contributed by atoms with Crippen molar-refractivity contribution in [1.82, 2.24) is 4.90 Å². The Morgan fingerprint density at radius 1 is 1.46 bits per heavy atom. The number of hydrogen-bond acceptors (Lipinski definition) is 3. The zero-order chi connectivity index (χ0) is 10.1. The fraction of sp³-hybridized carbons (Fsp3) is 1.00. The van der Waals surface area contributed by atoms with Crippen molar-refractivity contribution in [3.8, 4) is 0 Å². The van der Waals surface area contributed by atoms with Gasteiger partial charge in [0.05, 0.1) is 5.25 Å². The molecular formula is C9H19NO2S. The van der Waals surface area contributed by atoms with Crippen LogP contribution in [-0.2, 0) is 9.84 Å². The van der Waals surface area contributed by atoms with E-state index in [4.69, 9.17) is 0 Å². The van der Waals surface area contributed by atoms with Crippen LogP contribution in [0.3, 0.4) is 0 Å². The maximum atomic E-state index is 11.2. The molecule has 1 unspecified atom stereocenters. The quantitative estimate of drug-likeness (QED) is 0.682. The van der Waals surface area contributed by atoms with Crippen molar-refractivity contribution < 1.29 is 8.42 Å². The summed E-state index contributed by atoms with van der Waals surface area (Å²) in [6.45, 7) is 7.01. The Balaban J connectivity index is 2.46. The van der Waals surface area contributed by atoms with Crippen LogP contribution in [-0.4, -0.2) is 44.5 Å². The Hall–Kier alpha value is -0.0900. The highest BCUT2D eigenvalue weighted by Gasteiger charge is 2.29. The summed E-state index contributed by atoms with van der Waals surface area (Å²) >= 11 is 0. The van der Waals surface area contributed by atoms with Gasteiger partial charge in [0.25, 0.3) is 0 Å². The monoisotopic (exact) mass is 205 g/mol. The SMILES string of the molecule is CC(C)CN1CCC(S(C)(=O)=O)C1. The summed E-state index contributed by atoms with van der Waals surface area (Å²) in [5, 5.41) is -0.119. The van der Waals surface area contributed by atoms with E-state index in [0.717, 1.165) is 26.1 Å². The summed E-state index contributed by atoms with van der Waals surface area (Å²) in [6.07, 6.45) is 2.15. The van der Waals surface area contributed by atoms with Crippen LogP contribution in [0.25, 0.3) is 0 Å². The van der Waals surface area contributed by atoms with Crippen LogP contribution in [0.2, 0.25) is 0 Å². The van der Waals surface area contributed by atoms with Crippen LogP contribution in [0.4, 0.5) is 0 Å². The van der Waals surface area contributed by atoms with Crippen molar-refractivity contribution in [3.63, 3.8) is 0 Å². The molecule has 4 heteroatoms. The number of nitrogens with zero attached hydrogens (tertiary/aromatic N) is 1. The third-order valence-electron chi connectivity index (χ3n) is 2.46. The van der Waals surface area contributed by atoms with E-state index < -0.39 is 9.84 Å². The molecule has 1 fully saturated rings. The van der Waals surface area contributed by atoms with Crippen LogP contribution in [0.1, 0.15) is 20.3 Å². The average Bonchev–Trinajstić information content (AvgIpc) is 2.32. The Morgan fingerprint density at radius 3 is 2.46 bits per heavy atom. The Kier molecular flexibility index (Phi) is 3.35. The van der Waals surface area contributed by atoms with E-state index in [1.54, 1.807) is 0 Å². The molecule has 1 aliphatic heterocycles. The fourth-order valence-electron chi connectivity index (χ4n) is 1.83. The smallest absolute Gasteiger partial charge is 0.151 e. The summed E-state index contributed by atoms with van der Waals surface area (Å²) in [6, 6.07) is 0. The lowest BCUT2D eigenvalue weighted by molar-refractivity contribution is 0.298. The first-order valence-electron chi connectivity index (χ1n) is 4.81. The highest BCUT2D eigenvalue weighted by atomic mass is 32.2. The largest absolute Gasteiger partial charge is 0.302 e. The minimum absolute atomic E-state index is 0.119. The van der Waals surface area contributed by atoms with Crippen molar-refractivity contribution in [1.29, 1.82) is 0 Å². The van der Waals surface area contributed by atoms with Gasteiger partial charge in [-0.25, -0.2) is 8.42 Å². The average molecular weight is 205 g/mol. The summed E-state index contributed by atoms with van der Waals surface area (Å²) in [5.41, 5.74) is 0. The molecule has 1 rings (SSSR count). The van der Waals surface area contributed by atoms with E-state index in [1.165, 1.54) is 6.26 Å². The molecule has 0 aromatic rings. The lowest BCUT2D eigenvalue weighted by Crippen LogP contribution is -2.29. The normalized spacial score (nSPS) is 25.7. The van der Waals surface area contributed by atoms with E-state index in [2.05, 4.69) is 18.7 Å². The Labute approximate surface area is 81.0 Å². The first kappa shape index (κ1) is 11.0. The highest BCUT2D eigenvalue weighted by Crippen LogP contribution is 2.16. The maximum Gasteiger partial charge on any atom is 0.151 e. The van der Waals surface area contributed by atoms with Crippen LogP contribution in [0, 0.1) is 5.92 Å². The third-order valence-corrected chi connectivity index (χ3v) is 4.05. The van der Waals surface area contributed by atoms with Gasteiger partial charge in [0.15, 0.2) is 9.84 Å².